The summed E-state index contributed by atoms with van der Waals surface area (Å²) >= 11 is 18.4. The first kappa shape index (κ1) is 14.3. The molecule has 11 heavy (non-hydrogen) atoms. The summed E-state index contributed by atoms with van der Waals surface area (Å²) in [4.78, 5) is 0. The van der Waals surface area contributed by atoms with Crippen molar-refractivity contribution in [3.05, 3.63) is 0 Å². The van der Waals surface area contributed by atoms with Crippen molar-refractivity contribution in [3.8, 4) is 0 Å². The molecule has 0 aliphatic carbocycles. The fraction of sp³-hybridized carbons (Fsp3) is 0.500. The van der Waals surface area contributed by atoms with E-state index in [9.17, 15) is 0 Å². The zero-order chi connectivity index (χ0) is 7.98. The van der Waals surface area contributed by atoms with E-state index in [4.69, 9.17) is 0 Å². The molecule has 0 spiro atoms. The van der Waals surface area contributed by atoms with E-state index in [1.165, 1.54) is 0 Å². The first-order chi connectivity index (χ1) is 4.63. The maximum absolute atomic E-state index is 4.59. The monoisotopic (exact) mass is 266 g/mol. The molecule has 2 nitrogen and oxygen atoms in total. The molecule has 0 radical (unpaired) electrons. The summed E-state index contributed by atoms with van der Waals surface area (Å²) in [6, 6.07) is 0. The Balaban J connectivity index is 0. The number of thiocarbonyl (C=S) groups is 2. The third-order valence-corrected chi connectivity index (χ3v) is 1.24. The summed E-state index contributed by atoms with van der Waals surface area (Å²) in [6.45, 7) is 1.33. The van der Waals surface area contributed by atoms with Crippen LogP contribution in [0.3, 0.4) is 0 Å². The van der Waals surface area contributed by atoms with E-state index in [-0.39, 0.29) is 17.1 Å². The van der Waals surface area contributed by atoms with Crippen molar-refractivity contribution in [1.29, 1.82) is 0 Å². The summed E-state index contributed by atoms with van der Waals surface area (Å²) in [6.07, 6.45) is 0. The molecule has 0 aromatic heterocycles. The third-order valence-electron chi connectivity index (χ3n) is 0.664. The minimum Gasteiger partial charge on any atom is -0.412 e. The second kappa shape index (κ2) is 8.83. The third kappa shape index (κ3) is 13.7. The van der Waals surface area contributed by atoms with Gasteiger partial charge in [0.15, 0.2) is 0 Å². The maximum Gasteiger partial charge on any atom is 2.00 e. The summed E-state index contributed by atoms with van der Waals surface area (Å²) in [5.74, 6) is 0. The molecule has 0 aliphatic heterocycles. The van der Waals surface area contributed by atoms with Crippen molar-refractivity contribution in [1.82, 2.24) is 10.6 Å². The molecular weight excluding hydrogens is 260 g/mol. The molecule has 0 fully saturated rings. The van der Waals surface area contributed by atoms with E-state index in [1.807, 2.05) is 0 Å². The van der Waals surface area contributed by atoms with Gasteiger partial charge >= 0.3 is 17.1 Å². The van der Waals surface area contributed by atoms with Crippen LogP contribution in [0.4, 0.5) is 0 Å². The molecule has 0 saturated carbocycles. The standard InChI is InChI=1S/C4H8N2S4.Fe/c7-3(8)5-1-2-6-4(9)10;/h1-2H2,(H2,5,7,8)(H2,6,9,10);/q;+2/p-2. The Bertz CT molecular complexity index is 124. The topological polar surface area (TPSA) is 24.1 Å². The van der Waals surface area contributed by atoms with Crippen molar-refractivity contribution < 1.29 is 17.1 Å². The van der Waals surface area contributed by atoms with Gasteiger partial charge < -0.3 is 60.3 Å². The maximum atomic E-state index is 4.59. The molecule has 0 unspecified atom stereocenters. The molecule has 0 rings (SSSR count). The zero-order valence-corrected chi connectivity index (χ0v) is 9.77. The molecule has 2 N–H and O–H groups in total. The first-order valence-electron chi connectivity index (χ1n) is 2.52. The van der Waals surface area contributed by atoms with Crippen LogP contribution in [0.1, 0.15) is 0 Å². The van der Waals surface area contributed by atoms with Gasteiger partial charge in [0, 0.05) is 13.1 Å². The van der Waals surface area contributed by atoms with Crippen LogP contribution in [0.5, 0.6) is 0 Å². The van der Waals surface area contributed by atoms with Gasteiger partial charge in [-0.3, -0.25) is 0 Å². The second-order valence-electron chi connectivity index (χ2n) is 1.43. The van der Waals surface area contributed by atoms with Gasteiger partial charge in [0.1, 0.15) is 0 Å². The van der Waals surface area contributed by atoms with Crippen LogP contribution < -0.4 is 10.6 Å². The van der Waals surface area contributed by atoms with E-state index in [2.05, 4.69) is 60.3 Å². The van der Waals surface area contributed by atoms with E-state index < -0.39 is 0 Å². The normalized spacial score (nSPS) is 7.64. The predicted molar refractivity (Wildman–Crippen MR) is 55.9 cm³/mol. The van der Waals surface area contributed by atoms with Gasteiger partial charge in [0.05, 0.1) is 0 Å². The van der Waals surface area contributed by atoms with Crippen LogP contribution in [-0.2, 0) is 42.3 Å². The molecule has 7 heteroatoms. The quantitative estimate of drug-likeness (QED) is 0.318. The summed E-state index contributed by atoms with van der Waals surface area (Å²) in [5, 5.41) is 5.56. The van der Waals surface area contributed by atoms with Crippen LogP contribution >= 0.6 is 24.4 Å². The Hall–Kier alpha value is 0.739. The van der Waals surface area contributed by atoms with Gasteiger partial charge in [-0.25, -0.2) is 0 Å². The van der Waals surface area contributed by atoms with Gasteiger partial charge in [-0.05, 0) is 0 Å². The van der Waals surface area contributed by atoms with E-state index in [0.29, 0.717) is 21.7 Å². The minimum absolute atomic E-state index is 0. The molecule has 0 heterocycles. The van der Waals surface area contributed by atoms with Crippen molar-refractivity contribution in [3.63, 3.8) is 0 Å². The molecule has 0 aromatic rings. The second-order valence-corrected chi connectivity index (χ2v) is 3.58. The van der Waals surface area contributed by atoms with Crippen molar-refractivity contribution >= 4 is 58.3 Å². The average Bonchev–Trinajstić information content (AvgIpc) is 1.79. The van der Waals surface area contributed by atoms with E-state index >= 15 is 0 Å². The Morgan fingerprint density at radius 2 is 1.27 bits per heavy atom. The Morgan fingerprint density at radius 1 is 1.00 bits per heavy atom. The SMILES string of the molecule is S=C([S-])NCCNC(=S)[S-].[Fe+2]. The summed E-state index contributed by atoms with van der Waals surface area (Å²) in [5.41, 5.74) is 0. The average molecular weight is 266 g/mol. The zero-order valence-electron chi connectivity index (χ0n) is 5.40. The smallest absolute Gasteiger partial charge is 0.412 e. The van der Waals surface area contributed by atoms with Gasteiger partial charge in [-0.15, -0.1) is 0 Å². The summed E-state index contributed by atoms with van der Waals surface area (Å²) < 4.78 is 0.745. The van der Waals surface area contributed by atoms with E-state index in [0.717, 1.165) is 0 Å². The number of nitrogens with one attached hydrogen (secondary N) is 2. The minimum atomic E-state index is 0. The van der Waals surface area contributed by atoms with Crippen molar-refractivity contribution in [2.45, 2.75) is 0 Å². The largest absolute Gasteiger partial charge is 2.00 e. The van der Waals surface area contributed by atoms with Crippen molar-refractivity contribution in [2.24, 2.45) is 0 Å². The van der Waals surface area contributed by atoms with E-state index in [1.54, 1.807) is 0 Å². The number of rotatable bonds is 3. The molecule has 0 amide bonds. The van der Waals surface area contributed by atoms with Gasteiger partial charge in [-0.2, -0.15) is 0 Å². The van der Waals surface area contributed by atoms with Gasteiger partial charge in [0.2, 0.25) is 0 Å². The Labute approximate surface area is 98.6 Å². The number of hydrogen-bond acceptors (Lipinski definition) is 4. The first-order valence-corrected chi connectivity index (χ1v) is 4.16. The van der Waals surface area contributed by atoms with Crippen LogP contribution in [0.15, 0.2) is 0 Å². The van der Waals surface area contributed by atoms with Crippen molar-refractivity contribution in [2.75, 3.05) is 13.1 Å². The fourth-order valence-corrected chi connectivity index (χ4v) is 0.737. The number of hydrogen-bond donors (Lipinski definition) is 2. The molecule has 0 saturated heterocycles. The Kier molecular flexibility index (Phi) is 11.5. The summed E-state index contributed by atoms with van der Waals surface area (Å²) in [7, 11) is 0. The molecular formula is C4H6FeN2S4. The van der Waals surface area contributed by atoms with Crippen LogP contribution in [0.2, 0.25) is 0 Å². The van der Waals surface area contributed by atoms with Crippen LogP contribution in [0, 0.1) is 0 Å². The molecule has 0 atom stereocenters. The molecule has 64 valence electrons. The van der Waals surface area contributed by atoms with Crippen LogP contribution in [0.25, 0.3) is 0 Å². The molecule has 0 aliphatic rings. The van der Waals surface area contributed by atoms with Gasteiger partial charge in [-0.1, -0.05) is 8.64 Å². The fourth-order valence-electron chi connectivity index (χ4n) is 0.329. The predicted octanol–water partition coefficient (Wildman–Crippen LogP) is -0.173. The molecule has 0 aromatic carbocycles. The molecule has 0 bridgehead atoms. The Morgan fingerprint density at radius 3 is 1.45 bits per heavy atom. The van der Waals surface area contributed by atoms with Crippen LogP contribution in [-0.4, -0.2) is 21.7 Å². The van der Waals surface area contributed by atoms with Gasteiger partial charge in [0.25, 0.3) is 0 Å².